The highest BCUT2D eigenvalue weighted by Gasteiger charge is 2.21. The van der Waals surface area contributed by atoms with E-state index in [1.54, 1.807) is 31.8 Å². The van der Waals surface area contributed by atoms with Crippen molar-refractivity contribution in [3.8, 4) is 10.6 Å². The standard InChI is InChI=1S/C17H20N6O2S/c1-8-7-12(22(5)20-8)19-15(24)14-11(4)18-16(26-14)13-9(2)10(3)21-23(6)17(13)25/h7H,1-6H3,(H,19,24). The molecule has 0 aliphatic rings. The van der Waals surface area contributed by atoms with Crippen LogP contribution in [0.25, 0.3) is 10.6 Å². The molecule has 3 aromatic rings. The van der Waals surface area contributed by atoms with Crippen molar-refractivity contribution < 1.29 is 4.79 Å². The van der Waals surface area contributed by atoms with Crippen molar-refractivity contribution in [3.05, 3.63) is 43.9 Å². The Balaban J connectivity index is 2.02. The lowest BCUT2D eigenvalue weighted by Crippen LogP contribution is -2.23. The van der Waals surface area contributed by atoms with E-state index in [0.717, 1.165) is 17.0 Å². The van der Waals surface area contributed by atoms with Crippen LogP contribution in [0.1, 0.15) is 32.3 Å². The van der Waals surface area contributed by atoms with Crippen LogP contribution in [-0.2, 0) is 14.1 Å². The fraction of sp³-hybridized carbons (Fsp3) is 0.353. The summed E-state index contributed by atoms with van der Waals surface area (Å²) < 4.78 is 2.91. The summed E-state index contributed by atoms with van der Waals surface area (Å²) in [5, 5.41) is 11.8. The Labute approximate surface area is 154 Å². The molecule has 0 aromatic carbocycles. The third-order valence-electron chi connectivity index (χ3n) is 4.19. The Kier molecular flexibility index (Phi) is 4.49. The van der Waals surface area contributed by atoms with Crippen LogP contribution in [0.3, 0.4) is 0 Å². The average molecular weight is 372 g/mol. The Morgan fingerprint density at radius 1 is 1.08 bits per heavy atom. The van der Waals surface area contributed by atoms with Crippen LogP contribution < -0.4 is 10.9 Å². The Bertz CT molecular complexity index is 1080. The van der Waals surface area contributed by atoms with E-state index in [2.05, 4.69) is 20.5 Å². The zero-order valence-electron chi connectivity index (χ0n) is 15.5. The lowest BCUT2D eigenvalue weighted by atomic mass is 10.1. The first-order valence-corrected chi connectivity index (χ1v) is 8.85. The molecule has 3 heterocycles. The molecule has 3 aromatic heterocycles. The number of aryl methyl sites for hydroxylation is 5. The van der Waals surface area contributed by atoms with Crippen molar-refractivity contribution in [1.82, 2.24) is 24.5 Å². The van der Waals surface area contributed by atoms with Crippen molar-refractivity contribution in [2.45, 2.75) is 27.7 Å². The van der Waals surface area contributed by atoms with E-state index in [0.29, 0.717) is 27.0 Å². The number of nitrogens with zero attached hydrogens (tertiary/aromatic N) is 5. The summed E-state index contributed by atoms with van der Waals surface area (Å²) in [5.74, 6) is 0.336. The number of hydrogen-bond acceptors (Lipinski definition) is 6. The zero-order chi connectivity index (χ0) is 19.2. The van der Waals surface area contributed by atoms with E-state index in [1.165, 1.54) is 16.0 Å². The van der Waals surface area contributed by atoms with Crippen LogP contribution in [0.2, 0.25) is 0 Å². The van der Waals surface area contributed by atoms with Gasteiger partial charge in [0, 0.05) is 20.2 Å². The monoisotopic (exact) mass is 372 g/mol. The number of aromatic nitrogens is 5. The minimum atomic E-state index is -0.269. The average Bonchev–Trinajstić information content (AvgIpc) is 3.08. The summed E-state index contributed by atoms with van der Waals surface area (Å²) >= 11 is 1.20. The number of nitrogens with one attached hydrogen (secondary N) is 1. The van der Waals surface area contributed by atoms with Crippen LogP contribution in [0.15, 0.2) is 10.9 Å². The van der Waals surface area contributed by atoms with Gasteiger partial charge in [0.25, 0.3) is 11.5 Å². The maximum Gasteiger partial charge on any atom is 0.277 e. The van der Waals surface area contributed by atoms with Gasteiger partial charge in [-0.1, -0.05) is 0 Å². The molecule has 1 N–H and O–H groups in total. The summed E-state index contributed by atoms with van der Waals surface area (Å²) in [7, 11) is 3.37. The minimum Gasteiger partial charge on any atom is -0.306 e. The van der Waals surface area contributed by atoms with E-state index < -0.39 is 0 Å². The van der Waals surface area contributed by atoms with E-state index in [9.17, 15) is 9.59 Å². The topological polar surface area (TPSA) is 94.7 Å². The van der Waals surface area contributed by atoms with Gasteiger partial charge in [0.2, 0.25) is 0 Å². The van der Waals surface area contributed by atoms with Gasteiger partial charge in [-0.25, -0.2) is 9.67 Å². The normalized spacial score (nSPS) is 11.0. The van der Waals surface area contributed by atoms with Gasteiger partial charge in [-0.3, -0.25) is 14.3 Å². The van der Waals surface area contributed by atoms with E-state index in [-0.39, 0.29) is 11.5 Å². The predicted molar refractivity (Wildman–Crippen MR) is 101 cm³/mol. The number of hydrogen-bond donors (Lipinski definition) is 1. The van der Waals surface area contributed by atoms with Gasteiger partial charge in [0.05, 0.1) is 22.6 Å². The summed E-state index contributed by atoms with van der Waals surface area (Å²) in [6, 6.07) is 1.79. The van der Waals surface area contributed by atoms with Gasteiger partial charge in [0.1, 0.15) is 15.7 Å². The number of carbonyl (C=O) groups excluding carboxylic acids is 1. The van der Waals surface area contributed by atoms with Gasteiger partial charge < -0.3 is 5.32 Å². The number of amides is 1. The number of carbonyl (C=O) groups is 1. The number of thiazole rings is 1. The molecule has 8 nitrogen and oxygen atoms in total. The lowest BCUT2D eigenvalue weighted by Gasteiger charge is -2.07. The molecule has 0 bridgehead atoms. The van der Waals surface area contributed by atoms with Gasteiger partial charge in [-0.2, -0.15) is 10.2 Å². The molecular formula is C17H20N6O2S. The fourth-order valence-electron chi connectivity index (χ4n) is 2.72. The summed E-state index contributed by atoms with van der Waals surface area (Å²) in [6.07, 6.45) is 0. The van der Waals surface area contributed by atoms with Crippen LogP contribution in [0.4, 0.5) is 5.82 Å². The largest absolute Gasteiger partial charge is 0.306 e. The first-order valence-electron chi connectivity index (χ1n) is 8.03. The van der Waals surface area contributed by atoms with Crippen molar-refractivity contribution in [2.75, 3.05) is 5.32 Å². The molecule has 0 aliphatic heterocycles. The Morgan fingerprint density at radius 3 is 2.38 bits per heavy atom. The highest BCUT2D eigenvalue weighted by Crippen LogP contribution is 2.29. The summed E-state index contributed by atoms with van der Waals surface area (Å²) in [6.45, 7) is 7.30. The maximum atomic E-state index is 12.7. The third kappa shape index (κ3) is 3.05. The van der Waals surface area contributed by atoms with E-state index >= 15 is 0 Å². The highest BCUT2D eigenvalue weighted by atomic mass is 32.1. The SMILES string of the molecule is Cc1cc(NC(=O)c2sc(-c3c(C)c(C)nn(C)c3=O)nc2C)n(C)n1. The van der Waals surface area contributed by atoms with Gasteiger partial charge in [0.15, 0.2) is 0 Å². The second-order valence-electron chi connectivity index (χ2n) is 6.20. The van der Waals surface area contributed by atoms with Crippen LogP contribution >= 0.6 is 11.3 Å². The Hall–Kier alpha value is -2.81. The third-order valence-corrected chi connectivity index (χ3v) is 5.36. The van der Waals surface area contributed by atoms with Crippen molar-refractivity contribution >= 4 is 23.1 Å². The van der Waals surface area contributed by atoms with Crippen molar-refractivity contribution in [3.63, 3.8) is 0 Å². The molecule has 0 unspecified atom stereocenters. The van der Waals surface area contributed by atoms with Crippen LogP contribution in [0, 0.1) is 27.7 Å². The lowest BCUT2D eigenvalue weighted by molar-refractivity contribution is 0.102. The molecule has 0 atom stereocenters. The molecule has 136 valence electrons. The molecule has 9 heteroatoms. The molecule has 0 saturated carbocycles. The second kappa shape index (κ2) is 6.49. The Morgan fingerprint density at radius 2 is 1.77 bits per heavy atom. The zero-order valence-corrected chi connectivity index (χ0v) is 16.4. The summed E-state index contributed by atoms with van der Waals surface area (Å²) in [4.78, 5) is 30.1. The van der Waals surface area contributed by atoms with Gasteiger partial charge in [-0.15, -0.1) is 11.3 Å². The van der Waals surface area contributed by atoms with Crippen molar-refractivity contribution in [2.24, 2.45) is 14.1 Å². The molecule has 1 amide bonds. The quantitative estimate of drug-likeness (QED) is 0.760. The highest BCUT2D eigenvalue weighted by molar-refractivity contribution is 7.17. The van der Waals surface area contributed by atoms with Crippen LogP contribution in [-0.4, -0.2) is 30.5 Å². The van der Waals surface area contributed by atoms with Crippen molar-refractivity contribution in [1.29, 1.82) is 0 Å². The maximum absolute atomic E-state index is 12.7. The molecule has 26 heavy (non-hydrogen) atoms. The van der Waals surface area contributed by atoms with E-state index in [1.807, 2.05) is 20.8 Å². The smallest absolute Gasteiger partial charge is 0.277 e. The first-order chi connectivity index (χ1) is 12.2. The number of rotatable bonds is 3. The van der Waals surface area contributed by atoms with Crippen LogP contribution in [0.5, 0.6) is 0 Å². The van der Waals surface area contributed by atoms with E-state index in [4.69, 9.17) is 0 Å². The van der Waals surface area contributed by atoms with Gasteiger partial charge >= 0.3 is 0 Å². The van der Waals surface area contributed by atoms with Gasteiger partial charge in [-0.05, 0) is 33.3 Å². The molecule has 0 spiro atoms. The molecule has 0 saturated heterocycles. The molecular weight excluding hydrogens is 352 g/mol. The minimum absolute atomic E-state index is 0.226. The molecule has 0 radical (unpaired) electrons. The molecule has 3 rings (SSSR count). The summed E-state index contributed by atoms with van der Waals surface area (Å²) in [5.41, 5.74) is 3.19. The molecule has 0 fully saturated rings. The number of anilines is 1. The second-order valence-corrected chi connectivity index (χ2v) is 7.20. The molecule has 0 aliphatic carbocycles. The predicted octanol–water partition coefficient (Wildman–Crippen LogP) is 2.12. The first kappa shape index (κ1) is 18.0. The fourth-order valence-corrected chi connectivity index (χ4v) is 3.77.